The second-order valence-electron chi connectivity index (χ2n) is 6.73. The number of nitriles is 2. The van der Waals surface area contributed by atoms with Crippen LogP contribution in [0.1, 0.15) is 24.7 Å². The summed E-state index contributed by atoms with van der Waals surface area (Å²) in [5, 5.41) is 21.3. The molecule has 134 valence electrons. The number of thioether (sulfide) groups is 1. The Balaban J connectivity index is 2.52. The topological polar surface area (TPSA) is 97.0 Å². The monoisotopic (exact) mass is 368 g/mol. The molecule has 0 saturated heterocycles. The van der Waals surface area contributed by atoms with E-state index in [9.17, 15) is 20.1 Å². The molecule has 7 heteroatoms. The minimum Gasteiger partial charge on any atom is -0.348 e. The maximum Gasteiger partial charge on any atom is 0.243 e. The van der Waals surface area contributed by atoms with Crippen LogP contribution in [0.5, 0.6) is 0 Å². The Morgan fingerprint density at radius 2 is 1.88 bits per heavy atom. The number of allylic oxidation sites excluding steroid dienone is 1. The van der Waals surface area contributed by atoms with Gasteiger partial charge in [0.2, 0.25) is 11.8 Å². The van der Waals surface area contributed by atoms with Crippen LogP contribution in [-0.4, -0.2) is 30.8 Å². The van der Waals surface area contributed by atoms with Gasteiger partial charge in [-0.25, -0.2) is 0 Å². The number of likely N-dealkylation sites (N-methyl/N-ethyl adjacent to an activating group) is 1. The SMILES string of the molecule is CN(C)C(=O)[C@H](SC1=C(C#N)C(C)(C)[C@H](C#N)C(=O)N1)c1ccccc1. The first kappa shape index (κ1) is 19.6. The summed E-state index contributed by atoms with van der Waals surface area (Å²) in [7, 11) is 3.32. The highest BCUT2D eigenvalue weighted by Gasteiger charge is 2.45. The number of carbonyl (C=O) groups is 2. The van der Waals surface area contributed by atoms with E-state index in [1.165, 1.54) is 4.90 Å². The number of nitrogens with one attached hydrogen (secondary N) is 1. The van der Waals surface area contributed by atoms with Crippen molar-refractivity contribution in [3.8, 4) is 12.1 Å². The lowest BCUT2D eigenvalue weighted by molar-refractivity contribution is -0.128. The molecule has 0 fully saturated rings. The number of carbonyl (C=O) groups excluding carboxylic acids is 2. The molecule has 0 radical (unpaired) electrons. The van der Waals surface area contributed by atoms with E-state index in [4.69, 9.17) is 0 Å². The van der Waals surface area contributed by atoms with E-state index < -0.39 is 22.5 Å². The van der Waals surface area contributed by atoms with E-state index in [0.29, 0.717) is 10.6 Å². The lowest BCUT2D eigenvalue weighted by Crippen LogP contribution is -2.44. The van der Waals surface area contributed by atoms with E-state index in [0.717, 1.165) is 17.3 Å². The van der Waals surface area contributed by atoms with Crippen LogP contribution < -0.4 is 5.32 Å². The second kappa shape index (κ2) is 7.63. The smallest absolute Gasteiger partial charge is 0.243 e. The summed E-state index contributed by atoms with van der Waals surface area (Å²) < 4.78 is 0. The Hall–Kier alpha value is -2.77. The molecule has 2 amide bonds. The Bertz CT molecular complexity index is 831. The van der Waals surface area contributed by atoms with E-state index in [2.05, 4.69) is 11.4 Å². The van der Waals surface area contributed by atoms with Crippen LogP contribution in [0.25, 0.3) is 0 Å². The van der Waals surface area contributed by atoms with Crippen LogP contribution in [0.4, 0.5) is 0 Å². The molecule has 0 saturated carbocycles. The minimum atomic E-state index is -0.957. The highest BCUT2D eigenvalue weighted by atomic mass is 32.2. The molecule has 2 atom stereocenters. The van der Waals surface area contributed by atoms with Crippen molar-refractivity contribution >= 4 is 23.6 Å². The van der Waals surface area contributed by atoms with Gasteiger partial charge < -0.3 is 10.2 Å². The number of benzene rings is 1. The van der Waals surface area contributed by atoms with Gasteiger partial charge in [-0.2, -0.15) is 10.5 Å². The zero-order valence-electron chi connectivity index (χ0n) is 15.1. The van der Waals surface area contributed by atoms with E-state index in [-0.39, 0.29) is 5.91 Å². The van der Waals surface area contributed by atoms with Gasteiger partial charge in [-0.15, -0.1) is 0 Å². The summed E-state index contributed by atoms with van der Waals surface area (Å²) in [5.74, 6) is -1.57. The van der Waals surface area contributed by atoms with Crippen molar-refractivity contribution in [1.29, 1.82) is 10.5 Å². The van der Waals surface area contributed by atoms with Crippen molar-refractivity contribution in [1.82, 2.24) is 10.2 Å². The molecule has 0 aromatic heterocycles. The van der Waals surface area contributed by atoms with E-state index in [1.807, 2.05) is 36.4 Å². The summed E-state index contributed by atoms with van der Waals surface area (Å²) in [6, 6.07) is 13.3. The van der Waals surface area contributed by atoms with Crippen LogP contribution >= 0.6 is 11.8 Å². The van der Waals surface area contributed by atoms with Crippen LogP contribution in [0.15, 0.2) is 40.9 Å². The fraction of sp³-hybridized carbons (Fsp3) is 0.368. The standard InChI is InChI=1S/C19H20N4O2S/c1-19(2)13(10-20)16(24)22-17(14(19)11-21)26-15(18(25)23(3)4)12-8-6-5-7-9-12/h5-9,13,15H,1-4H3,(H,22,24)/t13-,15-/m1/s1. The van der Waals surface area contributed by atoms with E-state index in [1.54, 1.807) is 27.9 Å². The third-order valence-corrected chi connectivity index (χ3v) is 5.59. The Kier molecular flexibility index (Phi) is 5.74. The van der Waals surface area contributed by atoms with Crippen molar-refractivity contribution in [2.75, 3.05) is 14.1 Å². The molecule has 6 nitrogen and oxygen atoms in total. The van der Waals surface area contributed by atoms with Crippen molar-refractivity contribution in [2.45, 2.75) is 19.1 Å². The maximum atomic E-state index is 12.7. The molecular formula is C19H20N4O2S. The van der Waals surface area contributed by atoms with Gasteiger partial charge in [0.05, 0.1) is 22.7 Å². The van der Waals surface area contributed by atoms with E-state index >= 15 is 0 Å². The molecule has 26 heavy (non-hydrogen) atoms. The molecule has 1 aromatic carbocycles. The predicted molar refractivity (Wildman–Crippen MR) is 99.1 cm³/mol. The van der Waals surface area contributed by atoms with Crippen molar-refractivity contribution in [3.63, 3.8) is 0 Å². The third-order valence-electron chi connectivity index (χ3n) is 4.34. The molecule has 0 unspecified atom stereocenters. The number of rotatable bonds is 4. The number of hydrogen-bond acceptors (Lipinski definition) is 5. The Morgan fingerprint density at radius 3 is 2.38 bits per heavy atom. The Labute approximate surface area is 157 Å². The second-order valence-corrected chi connectivity index (χ2v) is 7.85. The average molecular weight is 368 g/mol. The summed E-state index contributed by atoms with van der Waals surface area (Å²) in [4.78, 5) is 26.5. The first-order chi connectivity index (χ1) is 12.2. The summed E-state index contributed by atoms with van der Waals surface area (Å²) in [5.41, 5.74) is 0.146. The number of amides is 2. The molecule has 0 bridgehead atoms. The highest BCUT2D eigenvalue weighted by Crippen LogP contribution is 2.45. The number of nitrogens with zero attached hydrogens (tertiary/aromatic N) is 3. The lowest BCUT2D eigenvalue weighted by atomic mass is 9.72. The molecule has 1 heterocycles. The Morgan fingerprint density at radius 1 is 1.27 bits per heavy atom. The fourth-order valence-corrected chi connectivity index (χ4v) is 4.18. The first-order valence-electron chi connectivity index (χ1n) is 8.02. The zero-order valence-corrected chi connectivity index (χ0v) is 15.9. The van der Waals surface area contributed by atoms with Crippen LogP contribution in [0.2, 0.25) is 0 Å². The van der Waals surface area contributed by atoms with Crippen molar-refractivity contribution < 1.29 is 9.59 Å². The third kappa shape index (κ3) is 3.58. The quantitative estimate of drug-likeness (QED) is 0.881. The summed E-state index contributed by atoms with van der Waals surface area (Å²) >= 11 is 1.13. The van der Waals surface area contributed by atoms with Crippen LogP contribution in [-0.2, 0) is 9.59 Å². The van der Waals surface area contributed by atoms with Gasteiger partial charge in [0, 0.05) is 19.5 Å². The minimum absolute atomic E-state index is 0.152. The summed E-state index contributed by atoms with van der Waals surface area (Å²) in [6.45, 7) is 3.40. The maximum absolute atomic E-state index is 12.7. The first-order valence-corrected chi connectivity index (χ1v) is 8.90. The van der Waals surface area contributed by atoms with Crippen molar-refractivity contribution in [3.05, 3.63) is 46.5 Å². The van der Waals surface area contributed by atoms with Gasteiger partial charge in [0.15, 0.2) is 0 Å². The molecular weight excluding hydrogens is 348 g/mol. The lowest BCUT2D eigenvalue weighted by Gasteiger charge is -2.35. The molecule has 0 aliphatic carbocycles. The highest BCUT2D eigenvalue weighted by molar-refractivity contribution is 8.03. The van der Waals surface area contributed by atoms with Gasteiger partial charge in [-0.05, 0) is 5.56 Å². The van der Waals surface area contributed by atoms with Gasteiger partial charge in [0.25, 0.3) is 0 Å². The van der Waals surface area contributed by atoms with Gasteiger partial charge in [0.1, 0.15) is 11.2 Å². The van der Waals surface area contributed by atoms with Crippen molar-refractivity contribution in [2.24, 2.45) is 11.3 Å². The zero-order chi connectivity index (χ0) is 19.5. The molecule has 0 spiro atoms. The van der Waals surface area contributed by atoms with Gasteiger partial charge in [-0.3, -0.25) is 9.59 Å². The molecule has 1 N–H and O–H groups in total. The van der Waals surface area contributed by atoms with Crippen LogP contribution in [0, 0.1) is 34.0 Å². The fourth-order valence-electron chi connectivity index (χ4n) is 2.76. The molecule has 1 aliphatic heterocycles. The molecule has 1 aromatic rings. The van der Waals surface area contributed by atoms with Gasteiger partial charge in [-0.1, -0.05) is 55.9 Å². The summed E-state index contributed by atoms with van der Waals surface area (Å²) in [6.07, 6.45) is 0. The number of hydrogen-bond donors (Lipinski definition) is 1. The van der Waals surface area contributed by atoms with Crippen LogP contribution in [0.3, 0.4) is 0 Å². The average Bonchev–Trinajstić information content (AvgIpc) is 2.59. The largest absolute Gasteiger partial charge is 0.348 e. The molecule has 2 rings (SSSR count). The van der Waals surface area contributed by atoms with Gasteiger partial charge >= 0.3 is 0 Å². The molecule has 1 aliphatic rings. The normalized spacial score (nSPS) is 19.8. The predicted octanol–water partition coefficient (Wildman–Crippen LogP) is 2.58.